The first-order valence-corrected chi connectivity index (χ1v) is 13.2. The average molecular weight is 497 g/mol. The van der Waals surface area contributed by atoms with Crippen LogP contribution in [0.3, 0.4) is 0 Å². The molecular formula is C27H33ClN4O3. The lowest BCUT2D eigenvalue weighted by atomic mass is 9.48. The van der Waals surface area contributed by atoms with Crippen molar-refractivity contribution in [3.8, 4) is 0 Å². The van der Waals surface area contributed by atoms with Crippen molar-refractivity contribution in [3.05, 3.63) is 50.9 Å². The second-order valence-electron chi connectivity index (χ2n) is 11.4. The molecule has 2 heterocycles. The van der Waals surface area contributed by atoms with E-state index in [-0.39, 0.29) is 16.5 Å². The smallest absolute Gasteiger partial charge is 0.309 e. The number of carbonyl (C=O) groups is 1. The molecule has 186 valence electrons. The van der Waals surface area contributed by atoms with E-state index in [0.29, 0.717) is 30.4 Å². The van der Waals surface area contributed by atoms with E-state index in [4.69, 9.17) is 11.6 Å². The molecule has 1 N–H and O–H groups in total. The van der Waals surface area contributed by atoms with Crippen LogP contribution in [0.15, 0.2) is 29.2 Å². The first kappa shape index (κ1) is 22.9. The van der Waals surface area contributed by atoms with Gasteiger partial charge in [0.2, 0.25) is 0 Å². The van der Waals surface area contributed by atoms with Crippen molar-refractivity contribution < 1.29 is 9.90 Å². The van der Waals surface area contributed by atoms with Crippen LogP contribution in [0.5, 0.6) is 0 Å². The number of aromatic nitrogens is 2. The average Bonchev–Trinajstić information content (AvgIpc) is 2.80. The van der Waals surface area contributed by atoms with Crippen LogP contribution in [-0.4, -0.2) is 47.0 Å². The van der Waals surface area contributed by atoms with Crippen molar-refractivity contribution in [1.29, 1.82) is 0 Å². The highest BCUT2D eigenvalue weighted by Gasteiger charge is 2.61. The number of anilines is 2. The fraction of sp³-hybridized carbons (Fsp3) is 0.593. The molecule has 4 aliphatic carbocycles. The highest BCUT2D eigenvalue weighted by atomic mass is 35.5. The SMILES string of the molecule is Cc1ccc(N2CCN(c3cnn(C45C[C@@H]6CC(C[C@H](C6)C4)[C@H]5C(=O)O)c(=O)c3Cl)CC2)c(C)c1. The number of aliphatic carboxylic acids is 1. The summed E-state index contributed by atoms with van der Waals surface area (Å²) in [6.07, 6.45) is 6.20. The number of carboxylic acid groups (broad SMARTS) is 1. The number of aryl methyl sites for hydroxylation is 2. The fourth-order valence-corrected chi connectivity index (χ4v) is 8.29. The Balaban J connectivity index is 1.27. The Morgan fingerprint density at radius 2 is 1.66 bits per heavy atom. The molecule has 7 rings (SSSR count). The van der Waals surface area contributed by atoms with E-state index < -0.39 is 17.4 Å². The summed E-state index contributed by atoms with van der Waals surface area (Å²) in [7, 11) is 0. The van der Waals surface area contributed by atoms with Gasteiger partial charge in [-0.15, -0.1) is 0 Å². The molecule has 5 aliphatic rings. The minimum Gasteiger partial charge on any atom is -0.481 e. The summed E-state index contributed by atoms with van der Waals surface area (Å²) in [4.78, 5) is 30.5. The summed E-state index contributed by atoms with van der Waals surface area (Å²) < 4.78 is 1.48. The monoisotopic (exact) mass is 496 g/mol. The van der Waals surface area contributed by atoms with Crippen LogP contribution in [0.25, 0.3) is 0 Å². The molecule has 7 nitrogen and oxygen atoms in total. The summed E-state index contributed by atoms with van der Waals surface area (Å²) in [5.41, 5.74) is 3.34. The first-order valence-electron chi connectivity index (χ1n) is 12.8. The van der Waals surface area contributed by atoms with E-state index in [1.54, 1.807) is 6.20 Å². The van der Waals surface area contributed by atoms with Crippen molar-refractivity contribution in [2.75, 3.05) is 36.0 Å². The third kappa shape index (κ3) is 3.57. The summed E-state index contributed by atoms with van der Waals surface area (Å²) in [5, 5.41) is 15.0. The van der Waals surface area contributed by atoms with Crippen LogP contribution < -0.4 is 15.4 Å². The molecule has 1 aliphatic heterocycles. The molecule has 35 heavy (non-hydrogen) atoms. The molecule has 1 saturated heterocycles. The predicted molar refractivity (Wildman–Crippen MR) is 137 cm³/mol. The van der Waals surface area contributed by atoms with Gasteiger partial charge < -0.3 is 14.9 Å². The molecular weight excluding hydrogens is 464 g/mol. The minimum atomic E-state index is -0.801. The van der Waals surface area contributed by atoms with Gasteiger partial charge in [0.15, 0.2) is 0 Å². The van der Waals surface area contributed by atoms with Gasteiger partial charge in [-0.25, -0.2) is 4.68 Å². The van der Waals surface area contributed by atoms with Gasteiger partial charge in [-0.2, -0.15) is 5.10 Å². The van der Waals surface area contributed by atoms with Crippen LogP contribution in [0.2, 0.25) is 5.02 Å². The molecule has 5 fully saturated rings. The van der Waals surface area contributed by atoms with Gasteiger partial charge in [-0.3, -0.25) is 9.59 Å². The summed E-state index contributed by atoms with van der Waals surface area (Å²) >= 11 is 6.72. The van der Waals surface area contributed by atoms with Crippen molar-refractivity contribution in [1.82, 2.24) is 9.78 Å². The zero-order chi connectivity index (χ0) is 24.5. The van der Waals surface area contributed by atoms with E-state index in [1.165, 1.54) is 21.5 Å². The van der Waals surface area contributed by atoms with Crippen LogP contribution >= 0.6 is 11.6 Å². The molecule has 4 saturated carbocycles. The zero-order valence-electron chi connectivity index (χ0n) is 20.4. The van der Waals surface area contributed by atoms with E-state index in [2.05, 4.69) is 46.9 Å². The molecule has 4 bridgehead atoms. The van der Waals surface area contributed by atoms with Crippen LogP contribution in [0, 0.1) is 37.5 Å². The Bertz CT molecular complexity index is 1220. The van der Waals surface area contributed by atoms with Gasteiger partial charge in [0.25, 0.3) is 5.56 Å². The van der Waals surface area contributed by atoms with Gasteiger partial charge >= 0.3 is 5.97 Å². The normalized spacial score (nSPS) is 31.7. The van der Waals surface area contributed by atoms with Gasteiger partial charge in [-0.1, -0.05) is 29.3 Å². The van der Waals surface area contributed by atoms with E-state index >= 15 is 0 Å². The summed E-state index contributed by atoms with van der Waals surface area (Å²) in [5.74, 6) is -0.278. The van der Waals surface area contributed by atoms with E-state index in [0.717, 1.165) is 45.4 Å². The van der Waals surface area contributed by atoms with Crippen molar-refractivity contribution in [2.45, 2.75) is 51.5 Å². The molecule has 1 aromatic heterocycles. The fourth-order valence-electron chi connectivity index (χ4n) is 8.04. The number of hydrogen-bond acceptors (Lipinski definition) is 5. The number of benzene rings is 1. The molecule has 3 atom stereocenters. The second-order valence-corrected chi connectivity index (χ2v) is 11.7. The standard InChI is InChI=1S/C27H33ClN4O3/c1-16-3-4-21(17(2)9-16)30-5-7-31(8-6-30)22-15-29-32(25(33)24(22)28)27-13-18-10-19(14-27)12-20(11-18)23(27)26(34)35/h3-4,9,15,18-20,23H,5-8,10-14H2,1-2H3,(H,34,35)/t18-,19-,20?,23-,27?/m0/s1. The lowest BCUT2D eigenvalue weighted by molar-refractivity contribution is -0.168. The van der Waals surface area contributed by atoms with Crippen LogP contribution in [0.4, 0.5) is 11.4 Å². The predicted octanol–water partition coefficient (Wildman–Crippen LogP) is 4.08. The maximum Gasteiger partial charge on any atom is 0.309 e. The zero-order valence-corrected chi connectivity index (χ0v) is 21.2. The third-order valence-corrected chi connectivity index (χ3v) is 9.53. The largest absolute Gasteiger partial charge is 0.481 e. The maximum atomic E-state index is 13.6. The third-order valence-electron chi connectivity index (χ3n) is 9.18. The quantitative estimate of drug-likeness (QED) is 0.687. The topological polar surface area (TPSA) is 78.7 Å². The molecule has 2 aromatic rings. The Morgan fingerprint density at radius 1 is 1.03 bits per heavy atom. The highest BCUT2D eigenvalue weighted by molar-refractivity contribution is 6.33. The number of carboxylic acids is 1. The van der Waals surface area contributed by atoms with Crippen molar-refractivity contribution in [2.24, 2.45) is 23.7 Å². The van der Waals surface area contributed by atoms with Gasteiger partial charge in [0.1, 0.15) is 5.02 Å². The van der Waals surface area contributed by atoms with E-state index in [1.807, 2.05) is 0 Å². The summed E-state index contributed by atoms with van der Waals surface area (Å²) in [6, 6.07) is 6.53. The van der Waals surface area contributed by atoms with Gasteiger partial charge in [0.05, 0.1) is 23.3 Å². The lowest BCUT2D eigenvalue weighted by Gasteiger charge is -2.59. The minimum absolute atomic E-state index is 0.129. The number of piperazine rings is 1. The maximum absolute atomic E-state index is 13.6. The molecule has 8 heteroatoms. The van der Waals surface area contributed by atoms with Gasteiger partial charge in [0, 0.05) is 31.9 Å². The Kier molecular flexibility index (Phi) is 5.40. The van der Waals surface area contributed by atoms with Gasteiger partial charge in [-0.05, 0) is 75.3 Å². The number of halogens is 1. The van der Waals surface area contributed by atoms with Crippen LogP contribution in [-0.2, 0) is 10.3 Å². The number of nitrogens with zero attached hydrogens (tertiary/aromatic N) is 4. The Labute approximate surface area is 210 Å². The molecule has 0 unspecified atom stereocenters. The number of rotatable bonds is 4. The van der Waals surface area contributed by atoms with Crippen molar-refractivity contribution >= 4 is 28.9 Å². The molecule has 0 spiro atoms. The molecule has 0 amide bonds. The molecule has 0 radical (unpaired) electrons. The van der Waals surface area contributed by atoms with Crippen LogP contribution in [0.1, 0.15) is 43.2 Å². The number of hydrogen-bond donors (Lipinski definition) is 1. The molecule has 1 aromatic carbocycles. The Hall–Kier alpha value is -2.54. The van der Waals surface area contributed by atoms with Crippen molar-refractivity contribution in [3.63, 3.8) is 0 Å². The summed E-state index contributed by atoms with van der Waals surface area (Å²) in [6.45, 7) is 7.40. The van der Waals surface area contributed by atoms with E-state index in [9.17, 15) is 14.7 Å². The lowest BCUT2D eigenvalue weighted by Crippen LogP contribution is -2.63. The first-order chi connectivity index (χ1) is 16.8. The second kappa shape index (κ2) is 8.26. The highest BCUT2D eigenvalue weighted by Crippen LogP contribution is 2.61. The Morgan fingerprint density at radius 3 is 2.26 bits per heavy atom.